The van der Waals surface area contributed by atoms with Gasteiger partial charge in [-0.25, -0.2) is 12.1 Å². The van der Waals surface area contributed by atoms with Gasteiger partial charge in [0.15, 0.2) is 0 Å². The summed E-state index contributed by atoms with van der Waals surface area (Å²) in [6.45, 7) is 38.8. The van der Waals surface area contributed by atoms with Crippen molar-refractivity contribution >= 4 is 51.1 Å². The van der Waals surface area contributed by atoms with Crippen LogP contribution in [0.5, 0.6) is 0 Å². The zero-order chi connectivity index (χ0) is 29.5. The number of nitrogens with zero attached hydrogens (tertiary/aromatic N) is 4. The molecule has 0 aliphatic carbocycles. The monoisotopic (exact) mass is 614 g/mol. The third-order valence-electron chi connectivity index (χ3n) is 7.69. The summed E-state index contributed by atoms with van der Waals surface area (Å²) in [6.07, 6.45) is 0. The summed E-state index contributed by atoms with van der Waals surface area (Å²) in [5, 5.41) is -0.774. The minimum atomic E-state index is -5.21. The molecule has 5 nitrogen and oxygen atoms in total. The number of hydrogen-bond donors (Lipinski definition) is 0. The fourth-order valence-electron chi connectivity index (χ4n) is 6.37. The van der Waals surface area contributed by atoms with E-state index in [1.54, 1.807) is 4.23 Å². The molecule has 0 saturated carbocycles. The molecule has 0 aromatic rings. The second-order valence-corrected chi connectivity index (χ2v) is 44.7. The minimum absolute atomic E-state index is 0.387. The smallest absolute Gasteiger partial charge is 0.409 e. The van der Waals surface area contributed by atoms with Crippen molar-refractivity contribution < 1.29 is 12.3 Å². The highest BCUT2D eigenvalue weighted by molar-refractivity contribution is 7.14. The SMILES string of the molecule is CN([Si](C)(C)C)[Si]1(N(C)[Si](C)(C)C)O[Si](C(C)(C)C)(C(C)(C)C)N1[Si](F)(F)N(C(C)(C)C)[Si](C)(C)C. The Morgan fingerprint density at radius 3 is 1.11 bits per heavy atom. The lowest BCUT2D eigenvalue weighted by molar-refractivity contribution is 0.162. The van der Waals surface area contributed by atoms with E-state index in [1.165, 1.54) is 0 Å². The molecule has 0 atom stereocenters. The zero-order valence-electron chi connectivity index (χ0n) is 27.5. The van der Waals surface area contributed by atoms with E-state index in [1.807, 2.05) is 24.7 Å². The van der Waals surface area contributed by atoms with E-state index in [0.717, 1.165) is 0 Å². The Balaban J connectivity index is 4.38. The van der Waals surface area contributed by atoms with Crippen LogP contribution in [0.2, 0.25) is 69.0 Å². The normalized spacial score (nSPS) is 20.9. The highest BCUT2D eigenvalue weighted by Crippen LogP contribution is 2.64. The summed E-state index contributed by atoms with van der Waals surface area (Å²) < 4.78 is 52.1. The van der Waals surface area contributed by atoms with Crippen LogP contribution in [0.4, 0.5) is 8.22 Å². The molecule has 216 valence electrons. The Kier molecular flexibility index (Phi) is 9.25. The highest BCUT2D eigenvalue weighted by Gasteiger charge is 2.87. The quantitative estimate of drug-likeness (QED) is 0.216. The van der Waals surface area contributed by atoms with Crippen LogP contribution in [0.15, 0.2) is 0 Å². The molecule has 0 amide bonds. The van der Waals surface area contributed by atoms with E-state index in [2.05, 4.69) is 123 Å². The Morgan fingerprint density at radius 2 is 0.917 bits per heavy atom. The van der Waals surface area contributed by atoms with Crippen LogP contribution < -0.4 is 0 Å². The number of rotatable bonds is 7. The standard InChI is InChI=1S/C23H60F2N4OSi6/c1-21(2,3)28(33(18,19)20)35(24,25)29-34(22(4,5)6,23(7,8)9)30-36(29,26(10)31(12,13)14)27(11)32(15,16)17/h1-20H3. The fourth-order valence-corrected chi connectivity index (χ4v) is 46.3. The van der Waals surface area contributed by atoms with Crippen LogP contribution in [-0.4, -0.2) is 87.3 Å². The lowest BCUT2D eigenvalue weighted by Crippen LogP contribution is -3.04. The molecule has 0 bridgehead atoms. The van der Waals surface area contributed by atoms with E-state index >= 15 is 8.22 Å². The van der Waals surface area contributed by atoms with E-state index in [0.29, 0.717) is 0 Å². The topological polar surface area (TPSA) is 22.2 Å². The molecule has 1 aliphatic rings. The Bertz CT molecular complexity index is 756. The first-order valence-electron chi connectivity index (χ1n) is 13.4. The Hall–Kier alpha value is 0.961. The van der Waals surface area contributed by atoms with Crippen molar-refractivity contribution in [1.82, 2.24) is 16.6 Å². The molecule has 0 aromatic heterocycles. The van der Waals surface area contributed by atoms with Crippen molar-refractivity contribution in [3.63, 3.8) is 0 Å². The highest BCUT2D eigenvalue weighted by atomic mass is 28.6. The predicted molar refractivity (Wildman–Crippen MR) is 169 cm³/mol. The maximum Gasteiger partial charge on any atom is 0.585 e. The number of halogens is 2. The van der Waals surface area contributed by atoms with Gasteiger partial charge in [0.2, 0.25) is 0 Å². The van der Waals surface area contributed by atoms with Crippen molar-refractivity contribution in [3.05, 3.63) is 0 Å². The second kappa shape index (κ2) is 9.52. The van der Waals surface area contributed by atoms with Gasteiger partial charge in [-0.05, 0) is 44.9 Å². The van der Waals surface area contributed by atoms with E-state index < -0.39 is 56.6 Å². The van der Waals surface area contributed by atoms with Crippen molar-refractivity contribution in [3.8, 4) is 0 Å². The minimum Gasteiger partial charge on any atom is -0.409 e. The van der Waals surface area contributed by atoms with Crippen molar-refractivity contribution in [2.45, 2.75) is 137 Å². The fraction of sp³-hybridized carbons (Fsp3) is 1.00. The molecule has 1 saturated heterocycles. The first kappa shape index (κ1) is 35.0. The van der Waals surface area contributed by atoms with Crippen molar-refractivity contribution in [1.29, 1.82) is 0 Å². The maximum atomic E-state index is 18.1. The third-order valence-corrected chi connectivity index (χ3v) is 38.6. The van der Waals surface area contributed by atoms with Gasteiger partial charge in [0.05, 0.1) is 0 Å². The van der Waals surface area contributed by atoms with Crippen LogP contribution in [0.25, 0.3) is 0 Å². The first-order chi connectivity index (χ1) is 15.2. The molecule has 13 heteroatoms. The predicted octanol–water partition coefficient (Wildman–Crippen LogP) is 7.64. The molecule has 1 heterocycles. The van der Waals surface area contributed by atoms with Crippen molar-refractivity contribution in [2.75, 3.05) is 14.1 Å². The van der Waals surface area contributed by atoms with Crippen LogP contribution in [0, 0.1) is 0 Å². The van der Waals surface area contributed by atoms with Gasteiger partial charge in [-0.15, -0.1) is 0 Å². The molecule has 0 N–H and O–H groups in total. The first-order valence-corrected chi connectivity index (χ1v) is 29.0. The van der Waals surface area contributed by atoms with Gasteiger partial charge in [0.25, 0.3) is 8.48 Å². The van der Waals surface area contributed by atoms with Crippen LogP contribution in [-0.2, 0) is 4.12 Å². The van der Waals surface area contributed by atoms with Gasteiger partial charge in [-0.3, -0.25) is 4.23 Å². The maximum absolute atomic E-state index is 18.1. The molecule has 1 rings (SSSR count). The summed E-state index contributed by atoms with van der Waals surface area (Å²) in [4.78, 5) is 0. The molecule has 36 heavy (non-hydrogen) atoms. The molecule has 1 aliphatic heterocycles. The van der Waals surface area contributed by atoms with Gasteiger partial charge in [-0.1, -0.05) is 100 Å². The largest absolute Gasteiger partial charge is 0.585 e. The molecule has 0 radical (unpaired) electrons. The van der Waals surface area contributed by atoms with E-state index in [9.17, 15) is 0 Å². The van der Waals surface area contributed by atoms with Gasteiger partial charge in [0, 0.05) is 5.54 Å². The molecule has 0 spiro atoms. The van der Waals surface area contributed by atoms with Gasteiger partial charge in [0.1, 0.15) is 24.7 Å². The molecular weight excluding hydrogens is 555 g/mol. The lowest BCUT2D eigenvalue weighted by atomic mass is 10.1. The van der Waals surface area contributed by atoms with Gasteiger partial charge < -0.3 is 12.6 Å². The van der Waals surface area contributed by atoms with Gasteiger partial charge in [-0.2, -0.15) is 0 Å². The average Bonchev–Trinajstić information content (AvgIpc) is 2.45. The summed E-state index contributed by atoms with van der Waals surface area (Å²) >= 11 is 0. The molecule has 0 aromatic carbocycles. The summed E-state index contributed by atoms with van der Waals surface area (Å²) in [7, 11) is -14.1. The van der Waals surface area contributed by atoms with Crippen LogP contribution in [0.3, 0.4) is 0 Å². The second-order valence-electron chi connectivity index (χ2n) is 16.8. The van der Waals surface area contributed by atoms with Crippen LogP contribution in [0.1, 0.15) is 62.3 Å². The zero-order valence-corrected chi connectivity index (χ0v) is 33.5. The Labute approximate surface area is 230 Å². The van der Waals surface area contributed by atoms with E-state index in [-0.39, 0.29) is 10.1 Å². The average molecular weight is 615 g/mol. The number of hydrogen-bond acceptors (Lipinski definition) is 5. The lowest BCUT2D eigenvalue weighted by Gasteiger charge is -2.77. The summed E-state index contributed by atoms with van der Waals surface area (Å²) in [6, 6.07) is 0. The summed E-state index contributed by atoms with van der Waals surface area (Å²) in [5.41, 5.74) is -0.638. The molecular formula is C23H60F2N4OSi6. The van der Waals surface area contributed by atoms with Crippen molar-refractivity contribution in [2.24, 2.45) is 0 Å². The molecule has 0 unspecified atom stereocenters. The third kappa shape index (κ3) is 5.59. The van der Waals surface area contributed by atoms with Crippen LogP contribution >= 0.6 is 0 Å². The molecule has 1 fully saturated rings. The summed E-state index contributed by atoms with van der Waals surface area (Å²) in [5.74, 6) is 0. The Morgan fingerprint density at radius 1 is 0.611 bits per heavy atom. The van der Waals surface area contributed by atoms with E-state index in [4.69, 9.17) is 4.12 Å². The van der Waals surface area contributed by atoms with Gasteiger partial charge >= 0.3 is 17.9 Å².